The molecule has 1 N–H and O–H groups in total. The Balaban J connectivity index is 1.61. The molecule has 0 saturated carbocycles. The number of methoxy groups -OCH3 is 1. The summed E-state index contributed by atoms with van der Waals surface area (Å²) in [6, 6.07) is 6.97. The zero-order chi connectivity index (χ0) is 17.7. The van der Waals surface area contributed by atoms with Crippen molar-refractivity contribution in [3.8, 4) is 5.75 Å². The van der Waals surface area contributed by atoms with E-state index in [1.807, 2.05) is 0 Å². The molecule has 0 spiro atoms. The van der Waals surface area contributed by atoms with Crippen LogP contribution in [0, 0.1) is 0 Å². The molecule has 0 aliphatic carbocycles. The van der Waals surface area contributed by atoms with Gasteiger partial charge in [-0.25, -0.2) is 8.42 Å². The van der Waals surface area contributed by atoms with Crippen LogP contribution in [0.1, 0.15) is 6.42 Å². The standard InChI is InChI=1S/C17H27N3O4S/c1-23-12-13-24-16-2-4-17(5-3-16)25(21,22)20-9-6-15(14-20)19-10-7-18-8-11-19/h2-5,15,18H,6-14H2,1H3. The topological polar surface area (TPSA) is 71.1 Å². The Morgan fingerprint density at radius 3 is 2.52 bits per heavy atom. The lowest BCUT2D eigenvalue weighted by molar-refractivity contribution is 0.146. The SMILES string of the molecule is COCCOc1ccc(S(=O)(=O)N2CCC(N3CCNCC3)C2)cc1. The second-order valence-corrected chi connectivity index (χ2v) is 8.34. The van der Waals surface area contributed by atoms with E-state index in [-0.39, 0.29) is 0 Å². The molecule has 2 saturated heterocycles. The van der Waals surface area contributed by atoms with Gasteiger partial charge in [-0.1, -0.05) is 0 Å². The van der Waals surface area contributed by atoms with Crippen LogP contribution >= 0.6 is 0 Å². The zero-order valence-electron chi connectivity index (χ0n) is 14.7. The first kappa shape index (κ1) is 18.6. The molecule has 0 aromatic heterocycles. The minimum Gasteiger partial charge on any atom is -0.491 e. The summed E-state index contributed by atoms with van der Waals surface area (Å²) in [5.41, 5.74) is 0. The van der Waals surface area contributed by atoms with Gasteiger partial charge in [0.2, 0.25) is 10.0 Å². The van der Waals surface area contributed by atoms with E-state index in [1.165, 1.54) is 0 Å². The van der Waals surface area contributed by atoms with Crippen molar-refractivity contribution >= 4 is 10.0 Å². The minimum atomic E-state index is -3.44. The van der Waals surface area contributed by atoms with Crippen LogP contribution in [-0.4, -0.2) is 83.3 Å². The van der Waals surface area contributed by atoms with Gasteiger partial charge in [-0.3, -0.25) is 4.90 Å². The first-order chi connectivity index (χ1) is 12.1. The van der Waals surface area contributed by atoms with E-state index in [9.17, 15) is 8.42 Å². The zero-order valence-corrected chi connectivity index (χ0v) is 15.5. The van der Waals surface area contributed by atoms with Crippen molar-refractivity contribution in [1.29, 1.82) is 0 Å². The quantitative estimate of drug-likeness (QED) is 0.701. The van der Waals surface area contributed by atoms with Crippen LogP contribution in [0.25, 0.3) is 0 Å². The summed E-state index contributed by atoms with van der Waals surface area (Å²) in [5, 5.41) is 3.34. The van der Waals surface area contributed by atoms with E-state index in [2.05, 4.69) is 10.2 Å². The molecule has 0 radical (unpaired) electrons. The maximum Gasteiger partial charge on any atom is 0.243 e. The summed E-state index contributed by atoms with van der Waals surface area (Å²) < 4.78 is 37.8. The summed E-state index contributed by atoms with van der Waals surface area (Å²) in [4.78, 5) is 2.73. The highest BCUT2D eigenvalue weighted by molar-refractivity contribution is 7.89. The number of piperazine rings is 1. The first-order valence-electron chi connectivity index (χ1n) is 8.78. The molecule has 140 valence electrons. The number of sulfonamides is 1. The smallest absolute Gasteiger partial charge is 0.243 e. The number of hydrogen-bond acceptors (Lipinski definition) is 6. The van der Waals surface area contributed by atoms with E-state index >= 15 is 0 Å². The van der Waals surface area contributed by atoms with E-state index in [4.69, 9.17) is 9.47 Å². The molecule has 25 heavy (non-hydrogen) atoms. The second kappa shape index (κ2) is 8.46. The van der Waals surface area contributed by atoms with Crippen LogP contribution < -0.4 is 10.1 Å². The van der Waals surface area contributed by atoms with Gasteiger partial charge in [-0.15, -0.1) is 0 Å². The third-order valence-electron chi connectivity index (χ3n) is 4.81. The van der Waals surface area contributed by atoms with Crippen molar-refractivity contribution in [2.24, 2.45) is 0 Å². The molecular weight excluding hydrogens is 342 g/mol. The lowest BCUT2D eigenvalue weighted by Crippen LogP contribution is -2.49. The molecule has 1 atom stereocenters. The molecule has 2 fully saturated rings. The van der Waals surface area contributed by atoms with Gasteiger partial charge in [0.1, 0.15) is 12.4 Å². The van der Waals surface area contributed by atoms with Gasteiger partial charge in [0.15, 0.2) is 0 Å². The molecular formula is C17H27N3O4S. The number of rotatable bonds is 7. The average Bonchev–Trinajstić information content (AvgIpc) is 3.14. The van der Waals surface area contributed by atoms with E-state index in [0.29, 0.717) is 43.0 Å². The van der Waals surface area contributed by atoms with E-state index in [0.717, 1.165) is 32.6 Å². The Kier molecular flexibility index (Phi) is 6.29. The number of benzene rings is 1. The highest BCUT2D eigenvalue weighted by atomic mass is 32.2. The van der Waals surface area contributed by atoms with E-state index in [1.54, 1.807) is 35.7 Å². The molecule has 8 heteroatoms. The molecule has 1 aromatic rings. The van der Waals surface area contributed by atoms with Crippen LogP contribution in [-0.2, 0) is 14.8 Å². The lowest BCUT2D eigenvalue weighted by atomic mass is 10.2. The first-order valence-corrected chi connectivity index (χ1v) is 10.2. The van der Waals surface area contributed by atoms with Crippen molar-refractivity contribution < 1.29 is 17.9 Å². The summed E-state index contributed by atoms with van der Waals surface area (Å²) in [5.74, 6) is 0.649. The Morgan fingerprint density at radius 1 is 1.12 bits per heavy atom. The molecule has 0 amide bonds. The predicted octanol–water partition coefficient (Wildman–Crippen LogP) is 0.380. The fourth-order valence-electron chi connectivity index (χ4n) is 3.37. The summed E-state index contributed by atoms with van der Waals surface area (Å²) in [7, 11) is -1.83. The normalized spacial score (nSPS) is 23.0. The molecule has 1 aromatic carbocycles. The van der Waals surface area contributed by atoms with Gasteiger partial charge in [-0.05, 0) is 30.7 Å². The third kappa shape index (κ3) is 4.51. The van der Waals surface area contributed by atoms with Crippen molar-refractivity contribution in [1.82, 2.24) is 14.5 Å². The van der Waals surface area contributed by atoms with Crippen LogP contribution in [0.3, 0.4) is 0 Å². The number of nitrogens with one attached hydrogen (secondary N) is 1. The van der Waals surface area contributed by atoms with Crippen LogP contribution in [0.4, 0.5) is 0 Å². The van der Waals surface area contributed by atoms with Gasteiger partial charge in [0, 0.05) is 52.4 Å². The fourth-order valence-corrected chi connectivity index (χ4v) is 4.87. The van der Waals surface area contributed by atoms with Crippen LogP contribution in [0.2, 0.25) is 0 Å². The molecule has 0 bridgehead atoms. The van der Waals surface area contributed by atoms with Crippen LogP contribution in [0.15, 0.2) is 29.2 Å². The molecule has 3 rings (SSSR count). The number of hydrogen-bond donors (Lipinski definition) is 1. The summed E-state index contributed by atoms with van der Waals surface area (Å²) >= 11 is 0. The van der Waals surface area contributed by atoms with Gasteiger partial charge in [0.05, 0.1) is 11.5 Å². The highest BCUT2D eigenvalue weighted by Gasteiger charge is 2.35. The number of ether oxygens (including phenoxy) is 2. The van der Waals surface area contributed by atoms with Gasteiger partial charge in [-0.2, -0.15) is 4.31 Å². The Hall–Kier alpha value is -1.19. The minimum absolute atomic E-state index is 0.326. The fraction of sp³-hybridized carbons (Fsp3) is 0.647. The van der Waals surface area contributed by atoms with Crippen molar-refractivity contribution in [3.63, 3.8) is 0 Å². The molecule has 2 aliphatic rings. The average molecular weight is 369 g/mol. The molecule has 7 nitrogen and oxygen atoms in total. The van der Waals surface area contributed by atoms with E-state index < -0.39 is 10.0 Å². The van der Waals surface area contributed by atoms with Crippen molar-refractivity contribution in [2.45, 2.75) is 17.4 Å². The van der Waals surface area contributed by atoms with Gasteiger partial charge >= 0.3 is 0 Å². The summed E-state index contributed by atoms with van der Waals surface area (Å²) in [6.07, 6.45) is 0.900. The maximum absolute atomic E-state index is 12.9. The lowest BCUT2D eigenvalue weighted by Gasteiger charge is -2.32. The largest absolute Gasteiger partial charge is 0.491 e. The maximum atomic E-state index is 12.9. The summed E-state index contributed by atoms with van der Waals surface area (Å²) in [6.45, 7) is 6.06. The monoisotopic (exact) mass is 369 g/mol. The van der Waals surface area contributed by atoms with Crippen LogP contribution in [0.5, 0.6) is 5.75 Å². The molecule has 2 aliphatic heterocycles. The second-order valence-electron chi connectivity index (χ2n) is 6.40. The predicted molar refractivity (Wildman–Crippen MR) is 95.4 cm³/mol. The Bertz CT molecular complexity index is 644. The number of nitrogens with zero attached hydrogens (tertiary/aromatic N) is 2. The molecule has 2 heterocycles. The van der Waals surface area contributed by atoms with Gasteiger partial charge in [0.25, 0.3) is 0 Å². The Labute approximate surface area is 149 Å². The third-order valence-corrected chi connectivity index (χ3v) is 6.69. The Morgan fingerprint density at radius 2 is 1.84 bits per heavy atom. The van der Waals surface area contributed by atoms with Crippen molar-refractivity contribution in [2.75, 3.05) is 59.6 Å². The van der Waals surface area contributed by atoms with Crippen molar-refractivity contribution in [3.05, 3.63) is 24.3 Å². The molecule has 1 unspecified atom stereocenters. The van der Waals surface area contributed by atoms with Gasteiger partial charge < -0.3 is 14.8 Å². The highest BCUT2D eigenvalue weighted by Crippen LogP contribution is 2.25.